The van der Waals surface area contributed by atoms with Crippen LogP contribution in [0.3, 0.4) is 0 Å². The van der Waals surface area contributed by atoms with Gasteiger partial charge in [-0.3, -0.25) is 4.79 Å². The summed E-state index contributed by atoms with van der Waals surface area (Å²) in [5.41, 5.74) is -0.826. The summed E-state index contributed by atoms with van der Waals surface area (Å²) in [6.07, 6.45) is -1.88. The van der Waals surface area contributed by atoms with Crippen LogP contribution in [0.2, 0.25) is 0 Å². The molecule has 0 aliphatic carbocycles. The summed E-state index contributed by atoms with van der Waals surface area (Å²) in [6, 6.07) is 4.36. The van der Waals surface area contributed by atoms with Crippen LogP contribution in [0.1, 0.15) is 16.1 Å². The monoisotopic (exact) mass is 340 g/mol. The number of nitrogens with one attached hydrogen (secondary N) is 2. The first-order chi connectivity index (χ1) is 11.4. The van der Waals surface area contributed by atoms with Crippen LogP contribution in [0.4, 0.5) is 24.7 Å². The number of carbonyl (C=O) groups is 1. The summed E-state index contributed by atoms with van der Waals surface area (Å²) >= 11 is 0. The van der Waals surface area contributed by atoms with Gasteiger partial charge < -0.3 is 15.4 Å². The molecule has 128 valence electrons. The normalized spacial score (nSPS) is 11.2. The predicted molar refractivity (Wildman–Crippen MR) is 81.8 cm³/mol. The number of methoxy groups -OCH3 is 1. The van der Waals surface area contributed by atoms with Crippen molar-refractivity contribution in [1.29, 1.82) is 0 Å². The number of benzene rings is 1. The second-order valence-corrected chi connectivity index (χ2v) is 4.74. The van der Waals surface area contributed by atoms with E-state index in [4.69, 9.17) is 4.74 Å². The number of carbonyl (C=O) groups excluding carboxylic acids is 1. The zero-order chi connectivity index (χ0) is 17.6. The van der Waals surface area contributed by atoms with Gasteiger partial charge in [0.2, 0.25) is 0 Å². The van der Waals surface area contributed by atoms with Gasteiger partial charge >= 0.3 is 6.18 Å². The topological polar surface area (TPSA) is 76.1 Å². The third-order valence-electron chi connectivity index (χ3n) is 2.94. The molecule has 0 bridgehead atoms. The number of nitrogens with zero attached hydrogens (tertiary/aromatic N) is 2. The van der Waals surface area contributed by atoms with E-state index in [1.807, 2.05) is 0 Å². The van der Waals surface area contributed by atoms with Crippen molar-refractivity contribution in [3.63, 3.8) is 0 Å². The molecule has 0 spiro atoms. The van der Waals surface area contributed by atoms with Crippen LogP contribution in [0.25, 0.3) is 0 Å². The number of hydrogen-bond acceptors (Lipinski definition) is 5. The molecule has 1 aromatic heterocycles. The number of rotatable bonds is 6. The standard InChI is InChI=1S/C15H15F3N4O2/c1-24-6-5-19-13-9-20-12(8-21-13)14(23)22-11-4-2-3-10(7-11)15(16,17)18/h2-4,7-9H,5-6H2,1H3,(H,19,21)(H,22,23). The van der Waals surface area contributed by atoms with Crippen LogP contribution < -0.4 is 10.6 Å². The van der Waals surface area contributed by atoms with Gasteiger partial charge in [-0.15, -0.1) is 0 Å². The van der Waals surface area contributed by atoms with E-state index in [9.17, 15) is 18.0 Å². The van der Waals surface area contributed by atoms with Crippen molar-refractivity contribution in [3.8, 4) is 0 Å². The molecule has 0 aliphatic heterocycles. The van der Waals surface area contributed by atoms with E-state index in [2.05, 4.69) is 20.6 Å². The maximum atomic E-state index is 12.6. The van der Waals surface area contributed by atoms with Crippen molar-refractivity contribution in [1.82, 2.24) is 9.97 Å². The van der Waals surface area contributed by atoms with Crippen molar-refractivity contribution in [3.05, 3.63) is 47.9 Å². The van der Waals surface area contributed by atoms with E-state index < -0.39 is 17.6 Å². The Bertz CT molecular complexity index is 690. The van der Waals surface area contributed by atoms with E-state index in [0.29, 0.717) is 19.0 Å². The van der Waals surface area contributed by atoms with Crippen LogP contribution in [-0.4, -0.2) is 36.1 Å². The van der Waals surface area contributed by atoms with Crippen LogP contribution in [0.15, 0.2) is 36.7 Å². The third kappa shape index (κ3) is 4.92. The number of hydrogen-bond donors (Lipinski definition) is 2. The minimum atomic E-state index is -4.48. The highest BCUT2D eigenvalue weighted by Gasteiger charge is 2.30. The Hall–Kier alpha value is -2.68. The quantitative estimate of drug-likeness (QED) is 0.791. The number of amides is 1. The Morgan fingerprint density at radius 2 is 2.04 bits per heavy atom. The Morgan fingerprint density at radius 1 is 1.25 bits per heavy atom. The molecular formula is C15H15F3N4O2. The van der Waals surface area contributed by atoms with Gasteiger partial charge in [0.1, 0.15) is 11.5 Å². The fourth-order valence-corrected chi connectivity index (χ4v) is 1.79. The third-order valence-corrected chi connectivity index (χ3v) is 2.94. The number of alkyl halides is 3. The molecule has 0 radical (unpaired) electrons. The molecule has 9 heteroatoms. The van der Waals surface area contributed by atoms with Gasteiger partial charge in [-0.25, -0.2) is 9.97 Å². The first-order valence-corrected chi connectivity index (χ1v) is 6.93. The van der Waals surface area contributed by atoms with Crippen LogP contribution in [-0.2, 0) is 10.9 Å². The molecule has 2 rings (SSSR count). The van der Waals surface area contributed by atoms with E-state index in [1.165, 1.54) is 24.5 Å². The zero-order valence-corrected chi connectivity index (χ0v) is 12.7. The molecule has 0 saturated carbocycles. The lowest BCUT2D eigenvalue weighted by Gasteiger charge is -2.10. The summed E-state index contributed by atoms with van der Waals surface area (Å²) in [7, 11) is 1.56. The van der Waals surface area contributed by atoms with Gasteiger partial charge in [0.15, 0.2) is 0 Å². The highest BCUT2D eigenvalue weighted by Crippen LogP contribution is 2.30. The van der Waals surface area contributed by atoms with Crippen molar-refractivity contribution < 1.29 is 22.7 Å². The molecule has 6 nitrogen and oxygen atoms in total. The molecule has 0 saturated heterocycles. The van der Waals surface area contributed by atoms with E-state index >= 15 is 0 Å². The van der Waals surface area contributed by atoms with Gasteiger partial charge in [0.25, 0.3) is 5.91 Å². The zero-order valence-electron chi connectivity index (χ0n) is 12.7. The Morgan fingerprint density at radius 3 is 2.67 bits per heavy atom. The largest absolute Gasteiger partial charge is 0.416 e. The highest BCUT2D eigenvalue weighted by atomic mass is 19.4. The molecule has 1 heterocycles. The smallest absolute Gasteiger partial charge is 0.383 e. The minimum absolute atomic E-state index is 0.00953. The molecule has 2 N–H and O–H groups in total. The van der Waals surface area contributed by atoms with E-state index in [1.54, 1.807) is 7.11 Å². The fraction of sp³-hybridized carbons (Fsp3) is 0.267. The Balaban J connectivity index is 2.02. The molecule has 1 aromatic carbocycles. The average molecular weight is 340 g/mol. The highest BCUT2D eigenvalue weighted by molar-refractivity contribution is 6.02. The number of ether oxygens (including phenoxy) is 1. The Labute approximate surface area is 136 Å². The molecule has 2 aromatic rings. The van der Waals surface area contributed by atoms with Gasteiger partial charge in [0.05, 0.1) is 24.6 Å². The molecule has 24 heavy (non-hydrogen) atoms. The molecule has 0 atom stereocenters. The molecule has 0 aliphatic rings. The summed E-state index contributed by atoms with van der Waals surface area (Å²) < 4.78 is 42.8. The molecule has 0 fully saturated rings. The predicted octanol–water partition coefficient (Wildman–Crippen LogP) is 2.81. The van der Waals surface area contributed by atoms with Crippen LogP contribution >= 0.6 is 0 Å². The maximum absolute atomic E-state index is 12.6. The van der Waals surface area contributed by atoms with Gasteiger partial charge in [-0.1, -0.05) is 6.07 Å². The second kappa shape index (κ2) is 7.73. The van der Waals surface area contributed by atoms with Crippen molar-refractivity contribution >= 4 is 17.4 Å². The van der Waals surface area contributed by atoms with Crippen molar-refractivity contribution in [2.75, 3.05) is 30.9 Å². The minimum Gasteiger partial charge on any atom is -0.383 e. The van der Waals surface area contributed by atoms with E-state index in [-0.39, 0.29) is 11.4 Å². The van der Waals surface area contributed by atoms with E-state index in [0.717, 1.165) is 12.1 Å². The van der Waals surface area contributed by atoms with Crippen molar-refractivity contribution in [2.24, 2.45) is 0 Å². The Kier molecular flexibility index (Phi) is 5.69. The van der Waals surface area contributed by atoms with Gasteiger partial charge in [-0.05, 0) is 18.2 Å². The number of aromatic nitrogens is 2. The summed E-state index contributed by atoms with van der Waals surface area (Å²) in [5, 5.41) is 5.29. The lowest BCUT2D eigenvalue weighted by atomic mass is 10.2. The lowest BCUT2D eigenvalue weighted by Crippen LogP contribution is -2.16. The van der Waals surface area contributed by atoms with Gasteiger partial charge in [0, 0.05) is 19.3 Å². The van der Waals surface area contributed by atoms with Crippen LogP contribution in [0.5, 0.6) is 0 Å². The summed E-state index contributed by atoms with van der Waals surface area (Å²) in [5.74, 6) is -0.187. The summed E-state index contributed by atoms with van der Waals surface area (Å²) in [6.45, 7) is 1.01. The van der Waals surface area contributed by atoms with Crippen LogP contribution in [0, 0.1) is 0 Å². The fourth-order valence-electron chi connectivity index (χ4n) is 1.79. The number of anilines is 2. The first-order valence-electron chi connectivity index (χ1n) is 6.93. The lowest BCUT2D eigenvalue weighted by molar-refractivity contribution is -0.137. The molecule has 1 amide bonds. The first kappa shape index (κ1) is 17.7. The second-order valence-electron chi connectivity index (χ2n) is 4.74. The molecular weight excluding hydrogens is 325 g/mol. The number of halogens is 3. The van der Waals surface area contributed by atoms with Gasteiger partial charge in [-0.2, -0.15) is 13.2 Å². The SMILES string of the molecule is COCCNc1cnc(C(=O)Nc2cccc(C(F)(F)F)c2)cn1. The summed E-state index contributed by atoms with van der Waals surface area (Å²) in [4.78, 5) is 19.9. The molecule has 0 unspecified atom stereocenters. The maximum Gasteiger partial charge on any atom is 0.416 e. The average Bonchev–Trinajstić information content (AvgIpc) is 2.55. The van der Waals surface area contributed by atoms with Crippen molar-refractivity contribution in [2.45, 2.75) is 6.18 Å².